The minimum absolute atomic E-state index is 0.0509. The molecule has 0 saturated heterocycles. The number of hydrogen-bond acceptors (Lipinski definition) is 3. The number of phenolic OH excluding ortho intramolecular Hbond substituents is 2. The first-order chi connectivity index (χ1) is 11.5. The van der Waals surface area contributed by atoms with E-state index in [0.29, 0.717) is 10.6 Å². The normalized spacial score (nSPS) is 20.7. The number of phenols is 2. The van der Waals surface area contributed by atoms with Crippen LogP contribution in [0.4, 0.5) is 0 Å². The molecule has 4 nitrogen and oxygen atoms in total. The van der Waals surface area contributed by atoms with Crippen LogP contribution in [0.5, 0.6) is 11.5 Å². The lowest BCUT2D eigenvalue weighted by molar-refractivity contribution is 0.0694. The number of hydrogen-bond donors (Lipinski definition) is 3. The highest BCUT2D eigenvalue weighted by Crippen LogP contribution is 2.44. The zero-order valence-corrected chi connectivity index (χ0v) is 13.8. The number of rotatable bonds is 3. The van der Waals surface area contributed by atoms with E-state index < -0.39 is 5.97 Å². The van der Waals surface area contributed by atoms with Crippen molar-refractivity contribution in [2.45, 2.75) is 37.5 Å². The molecule has 24 heavy (non-hydrogen) atoms. The molecule has 0 atom stereocenters. The number of halogens is 1. The Kier molecular flexibility index (Phi) is 4.67. The van der Waals surface area contributed by atoms with E-state index in [1.165, 1.54) is 6.07 Å². The van der Waals surface area contributed by atoms with Gasteiger partial charge in [-0.1, -0.05) is 17.7 Å². The second kappa shape index (κ2) is 6.73. The SMILES string of the molecule is O=C(O)c1ccc(Cl)cc1[C@H]1CC[C@H](c2ccc(O)cc2O)CC1. The second-order valence-electron chi connectivity index (χ2n) is 6.33. The zero-order chi connectivity index (χ0) is 17.3. The highest BCUT2D eigenvalue weighted by atomic mass is 35.5. The van der Waals surface area contributed by atoms with Crippen LogP contribution in [0.1, 0.15) is 59.0 Å². The predicted octanol–water partition coefficient (Wildman–Crippen LogP) is 4.89. The topological polar surface area (TPSA) is 77.8 Å². The number of aromatic hydroxyl groups is 2. The molecular weight excluding hydrogens is 328 g/mol. The Morgan fingerprint density at radius 2 is 1.54 bits per heavy atom. The van der Waals surface area contributed by atoms with Crippen LogP contribution in [0.15, 0.2) is 36.4 Å². The molecule has 0 heterocycles. The number of carboxylic acids is 1. The fraction of sp³-hybridized carbons (Fsp3) is 0.316. The van der Waals surface area contributed by atoms with Crippen LogP contribution in [0, 0.1) is 0 Å². The van der Waals surface area contributed by atoms with Crippen molar-refractivity contribution in [1.82, 2.24) is 0 Å². The van der Waals surface area contributed by atoms with Gasteiger partial charge in [0.25, 0.3) is 0 Å². The second-order valence-corrected chi connectivity index (χ2v) is 6.76. The summed E-state index contributed by atoms with van der Waals surface area (Å²) in [5.41, 5.74) is 1.95. The highest BCUT2D eigenvalue weighted by molar-refractivity contribution is 6.30. The van der Waals surface area contributed by atoms with Gasteiger partial charge in [-0.15, -0.1) is 0 Å². The average molecular weight is 347 g/mol. The molecule has 3 rings (SSSR count). The van der Waals surface area contributed by atoms with E-state index in [4.69, 9.17) is 11.6 Å². The van der Waals surface area contributed by atoms with Gasteiger partial charge in [0.05, 0.1) is 5.56 Å². The molecule has 0 amide bonds. The standard InChI is InChI=1S/C19H19ClO4/c20-13-5-7-16(19(23)24)17(9-13)12-3-1-11(2-4-12)15-8-6-14(21)10-18(15)22/h5-12,21-22H,1-4H2,(H,23,24)/t11-,12-. The number of carboxylic acid groups (broad SMARTS) is 1. The average Bonchev–Trinajstić information content (AvgIpc) is 2.55. The Hall–Kier alpha value is -2.20. The van der Waals surface area contributed by atoms with Crippen molar-refractivity contribution in [3.05, 3.63) is 58.1 Å². The third-order valence-corrected chi connectivity index (χ3v) is 5.10. The first-order valence-electron chi connectivity index (χ1n) is 8.00. The first-order valence-corrected chi connectivity index (χ1v) is 8.38. The molecule has 0 radical (unpaired) electrons. The molecule has 0 aromatic heterocycles. The summed E-state index contributed by atoms with van der Waals surface area (Å²) in [6.45, 7) is 0. The quantitative estimate of drug-likeness (QED) is 0.739. The first kappa shape index (κ1) is 16.7. The van der Waals surface area contributed by atoms with Crippen molar-refractivity contribution in [1.29, 1.82) is 0 Å². The third-order valence-electron chi connectivity index (χ3n) is 4.86. The summed E-state index contributed by atoms with van der Waals surface area (Å²) >= 11 is 6.05. The Bertz CT molecular complexity index is 764. The molecule has 3 N–H and O–H groups in total. The maximum atomic E-state index is 11.4. The summed E-state index contributed by atoms with van der Waals surface area (Å²) < 4.78 is 0. The fourth-order valence-electron chi connectivity index (χ4n) is 3.66. The Labute approximate surface area is 145 Å². The van der Waals surface area contributed by atoms with E-state index in [1.807, 2.05) is 0 Å². The monoisotopic (exact) mass is 346 g/mol. The van der Waals surface area contributed by atoms with Crippen LogP contribution in [0.2, 0.25) is 5.02 Å². The Morgan fingerprint density at radius 3 is 2.12 bits per heavy atom. The van der Waals surface area contributed by atoms with E-state index in [-0.39, 0.29) is 23.3 Å². The molecule has 0 spiro atoms. The lowest BCUT2D eigenvalue weighted by atomic mass is 9.75. The van der Waals surface area contributed by atoms with E-state index in [0.717, 1.165) is 36.8 Å². The van der Waals surface area contributed by atoms with Gasteiger partial charge in [0, 0.05) is 11.1 Å². The van der Waals surface area contributed by atoms with Gasteiger partial charge in [0.2, 0.25) is 0 Å². The van der Waals surface area contributed by atoms with Crippen LogP contribution >= 0.6 is 11.6 Å². The molecule has 1 saturated carbocycles. The Balaban J connectivity index is 1.78. The van der Waals surface area contributed by atoms with E-state index >= 15 is 0 Å². The van der Waals surface area contributed by atoms with Crippen molar-refractivity contribution in [3.8, 4) is 11.5 Å². The molecule has 1 fully saturated rings. The van der Waals surface area contributed by atoms with Gasteiger partial charge in [0.15, 0.2) is 0 Å². The Morgan fingerprint density at radius 1 is 0.917 bits per heavy atom. The number of benzene rings is 2. The zero-order valence-electron chi connectivity index (χ0n) is 13.1. The van der Waals surface area contributed by atoms with Gasteiger partial charge in [-0.05, 0) is 72.9 Å². The molecule has 1 aliphatic carbocycles. The van der Waals surface area contributed by atoms with Crippen LogP contribution in [-0.2, 0) is 0 Å². The molecular formula is C19H19ClO4. The largest absolute Gasteiger partial charge is 0.508 e. The summed E-state index contributed by atoms with van der Waals surface area (Å²) in [4.78, 5) is 11.4. The molecule has 126 valence electrons. The summed E-state index contributed by atoms with van der Waals surface area (Å²) in [5, 5.41) is 29.4. The van der Waals surface area contributed by atoms with E-state index in [2.05, 4.69) is 0 Å². The van der Waals surface area contributed by atoms with E-state index in [1.54, 1.807) is 30.3 Å². The molecule has 0 unspecified atom stereocenters. The molecule has 2 aromatic carbocycles. The van der Waals surface area contributed by atoms with Crippen molar-refractivity contribution < 1.29 is 20.1 Å². The molecule has 0 aliphatic heterocycles. The van der Waals surface area contributed by atoms with Gasteiger partial charge >= 0.3 is 5.97 Å². The lowest BCUT2D eigenvalue weighted by Gasteiger charge is -2.30. The molecule has 2 aromatic rings. The summed E-state index contributed by atoms with van der Waals surface area (Å²) in [6, 6.07) is 9.64. The predicted molar refractivity (Wildman–Crippen MR) is 92.1 cm³/mol. The van der Waals surface area contributed by atoms with Crippen LogP contribution in [-0.4, -0.2) is 21.3 Å². The number of carbonyl (C=O) groups is 1. The summed E-state index contributed by atoms with van der Waals surface area (Å²) in [6.07, 6.45) is 3.39. The van der Waals surface area contributed by atoms with Gasteiger partial charge in [0.1, 0.15) is 11.5 Å². The van der Waals surface area contributed by atoms with Gasteiger partial charge < -0.3 is 15.3 Å². The summed E-state index contributed by atoms with van der Waals surface area (Å²) in [5.74, 6) is -0.387. The third kappa shape index (κ3) is 3.34. The van der Waals surface area contributed by atoms with Crippen LogP contribution in [0.25, 0.3) is 0 Å². The molecule has 0 bridgehead atoms. The van der Waals surface area contributed by atoms with Gasteiger partial charge in [-0.25, -0.2) is 4.79 Å². The van der Waals surface area contributed by atoms with Gasteiger partial charge in [-0.3, -0.25) is 0 Å². The van der Waals surface area contributed by atoms with Crippen molar-refractivity contribution >= 4 is 17.6 Å². The maximum Gasteiger partial charge on any atom is 0.335 e. The lowest BCUT2D eigenvalue weighted by Crippen LogP contribution is -2.15. The number of aromatic carboxylic acids is 1. The molecule has 5 heteroatoms. The van der Waals surface area contributed by atoms with E-state index in [9.17, 15) is 20.1 Å². The van der Waals surface area contributed by atoms with Gasteiger partial charge in [-0.2, -0.15) is 0 Å². The van der Waals surface area contributed by atoms with Crippen molar-refractivity contribution in [2.24, 2.45) is 0 Å². The van der Waals surface area contributed by atoms with Crippen molar-refractivity contribution in [3.63, 3.8) is 0 Å². The van der Waals surface area contributed by atoms with Crippen molar-refractivity contribution in [2.75, 3.05) is 0 Å². The smallest absolute Gasteiger partial charge is 0.335 e. The molecule has 1 aliphatic rings. The maximum absolute atomic E-state index is 11.4. The fourth-order valence-corrected chi connectivity index (χ4v) is 3.84. The van der Waals surface area contributed by atoms with Crippen LogP contribution in [0.3, 0.4) is 0 Å². The summed E-state index contributed by atoms with van der Waals surface area (Å²) in [7, 11) is 0. The highest BCUT2D eigenvalue weighted by Gasteiger charge is 2.27. The van der Waals surface area contributed by atoms with Crippen LogP contribution < -0.4 is 0 Å². The minimum atomic E-state index is -0.931. The minimum Gasteiger partial charge on any atom is -0.508 e.